The predicted molar refractivity (Wildman–Crippen MR) is 113 cm³/mol. The van der Waals surface area contributed by atoms with E-state index in [4.69, 9.17) is 14.4 Å². The molecule has 30 heavy (non-hydrogen) atoms. The van der Waals surface area contributed by atoms with E-state index in [1.54, 1.807) is 10.7 Å². The SMILES string of the molecule is CC1(C)OB(c2cccc(Cc3nnc4ccc(-c5cn[nH]c5)nn34)c2)OC1(C)C. The van der Waals surface area contributed by atoms with Crippen LogP contribution in [-0.4, -0.2) is 48.3 Å². The summed E-state index contributed by atoms with van der Waals surface area (Å²) in [5.41, 5.74) is 3.77. The largest absolute Gasteiger partial charge is 0.494 e. The number of hydrogen-bond donors (Lipinski definition) is 1. The van der Waals surface area contributed by atoms with Gasteiger partial charge in [0.05, 0.1) is 23.1 Å². The molecule has 9 heteroatoms. The Morgan fingerprint density at radius 3 is 2.57 bits per heavy atom. The quantitative estimate of drug-likeness (QED) is 0.528. The second kappa shape index (κ2) is 6.75. The maximum absolute atomic E-state index is 6.19. The van der Waals surface area contributed by atoms with E-state index < -0.39 is 7.12 Å². The molecule has 8 nitrogen and oxygen atoms in total. The molecule has 1 aliphatic rings. The molecule has 0 amide bonds. The van der Waals surface area contributed by atoms with Crippen LogP contribution < -0.4 is 5.46 Å². The summed E-state index contributed by atoms with van der Waals surface area (Å²) >= 11 is 0. The summed E-state index contributed by atoms with van der Waals surface area (Å²) in [5.74, 6) is 0.765. The molecule has 0 atom stereocenters. The zero-order valence-corrected chi connectivity index (χ0v) is 17.5. The Hall–Kier alpha value is -3.04. The molecule has 0 saturated carbocycles. The van der Waals surface area contributed by atoms with Gasteiger partial charge < -0.3 is 9.31 Å². The van der Waals surface area contributed by atoms with Crippen molar-refractivity contribution in [2.24, 2.45) is 0 Å². The van der Waals surface area contributed by atoms with E-state index in [-0.39, 0.29) is 11.2 Å². The van der Waals surface area contributed by atoms with E-state index >= 15 is 0 Å². The zero-order valence-electron chi connectivity index (χ0n) is 17.5. The number of rotatable bonds is 4. The van der Waals surface area contributed by atoms with E-state index in [1.807, 2.05) is 30.5 Å². The van der Waals surface area contributed by atoms with Crippen molar-refractivity contribution in [3.05, 3.63) is 60.2 Å². The van der Waals surface area contributed by atoms with Gasteiger partial charge in [0.1, 0.15) is 0 Å². The lowest BCUT2D eigenvalue weighted by Gasteiger charge is -2.32. The standard InChI is InChI=1S/C21H23BN6O2/c1-20(2)21(3,4)30-22(29-20)16-7-5-6-14(10-16)11-19-26-25-18-9-8-17(27-28(18)19)15-12-23-24-13-15/h5-10,12-13H,11H2,1-4H3,(H,23,24). The van der Waals surface area contributed by atoms with E-state index in [1.165, 1.54) is 0 Å². The first-order valence-electron chi connectivity index (χ1n) is 9.97. The van der Waals surface area contributed by atoms with Crippen molar-refractivity contribution >= 4 is 18.2 Å². The number of aromatic amines is 1. The summed E-state index contributed by atoms with van der Waals surface area (Å²) in [4.78, 5) is 0. The van der Waals surface area contributed by atoms with E-state index in [0.29, 0.717) is 12.1 Å². The second-order valence-corrected chi connectivity index (χ2v) is 8.60. The molecule has 3 aromatic heterocycles. The van der Waals surface area contributed by atoms with Gasteiger partial charge in [-0.1, -0.05) is 24.3 Å². The molecule has 4 heterocycles. The average molecular weight is 402 g/mol. The molecule has 1 fully saturated rings. The fourth-order valence-electron chi connectivity index (χ4n) is 3.50. The zero-order chi connectivity index (χ0) is 20.9. The number of hydrogen-bond acceptors (Lipinski definition) is 6. The summed E-state index contributed by atoms with van der Waals surface area (Å²) in [5, 5.41) is 20.1. The van der Waals surface area contributed by atoms with Crippen molar-refractivity contribution in [2.75, 3.05) is 0 Å². The van der Waals surface area contributed by atoms with Crippen LogP contribution in [0.1, 0.15) is 39.1 Å². The number of aromatic nitrogens is 6. The van der Waals surface area contributed by atoms with Crippen LogP contribution in [0.5, 0.6) is 0 Å². The minimum absolute atomic E-state index is 0.371. The first-order chi connectivity index (χ1) is 14.3. The molecule has 5 rings (SSSR count). The van der Waals surface area contributed by atoms with Crippen molar-refractivity contribution in [3.8, 4) is 11.3 Å². The van der Waals surface area contributed by atoms with E-state index in [2.05, 4.69) is 60.2 Å². The first kappa shape index (κ1) is 19.0. The van der Waals surface area contributed by atoms with Crippen LogP contribution in [0, 0.1) is 0 Å². The van der Waals surface area contributed by atoms with Crippen LogP contribution in [0.25, 0.3) is 16.9 Å². The maximum Gasteiger partial charge on any atom is 0.494 e. The fraction of sp³-hybridized carbons (Fsp3) is 0.333. The van der Waals surface area contributed by atoms with E-state index in [0.717, 1.165) is 28.1 Å². The summed E-state index contributed by atoms with van der Waals surface area (Å²) in [7, 11) is -0.393. The van der Waals surface area contributed by atoms with Gasteiger partial charge in [0.25, 0.3) is 0 Å². The van der Waals surface area contributed by atoms with Crippen molar-refractivity contribution in [3.63, 3.8) is 0 Å². The summed E-state index contributed by atoms with van der Waals surface area (Å²) in [6.07, 6.45) is 4.15. The van der Waals surface area contributed by atoms with Crippen LogP contribution in [0.2, 0.25) is 0 Å². The normalized spacial score (nSPS) is 17.7. The highest BCUT2D eigenvalue weighted by Gasteiger charge is 2.51. The van der Waals surface area contributed by atoms with Gasteiger partial charge in [0.2, 0.25) is 0 Å². The minimum Gasteiger partial charge on any atom is -0.399 e. The van der Waals surface area contributed by atoms with Gasteiger partial charge in [-0.2, -0.15) is 14.7 Å². The molecule has 0 unspecified atom stereocenters. The van der Waals surface area contributed by atoms with Crippen LogP contribution in [0.3, 0.4) is 0 Å². The number of nitrogens with zero attached hydrogens (tertiary/aromatic N) is 5. The second-order valence-electron chi connectivity index (χ2n) is 8.60. The lowest BCUT2D eigenvalue weighted by molar-refractivity contribution is 0.00578. The van der Waals surface area contributed by atoms with Gasteiger partial charge in [0.15, 0.2) is 11.5 Å². The summed E-state index contributed by atoms with van der Waals surface area (Å²) in [6.45, 7) is 8.23. The molecule has 1 aromatic carbocycles. The van der Waals surface area contributed by atoms with Crippen LogP contribution >= 0.6 is 0 Å². The molecule has 1 N–H and O–H groups in total. The Bertz CT molecular complexity index is 1190. The minimum atomic E-state index is -0.393. The van der Waals surface area contributed by atoms with Crippen molar-refractivity contribution in [1.29, 1.82) is 0 Å². The van der Waals surface area contributed by atoms with Crippen LogP contribution in [-0.2, 0) is 15.7 Å². The third-order valence-electron chi connectivity index (χ3n) is 5.96. The lowest BCUT2D eigenvalue weighted by Crippen LogP contribution is -2.41. The first-order valence-corrected chi connectivity index (χ1v) is 9.97. The van der Waals surface area contributed by atoms with Gasteiger partial charge in [0, 0.05) is 18.2 Å². The molecule has 0 radical (unpaired) electrons. The Morgan fingerprint density at radius 1 is 1.03 bits per heavy atom. The van der Waals surface area contributed by atoms with Gasteiger partial charge >= 0.3 is 7.12 Å². The predicted octanol–water partition coefficient (Wildman–Crippen LogP) is 2.40. The molecule has 0 bridgehead atoms. The van der Waals surface area contributed by atoms with E-state index in [9.17, 15) is 0 Å². The van der Waals surface area contributed by atoms with Gasteiger partial charge in [-0.25, -0.2) is 0 Å². The average Bonchev–Trinajstić information content (AvgIpc) is 3.41. The molecular formula is C21H23BN6O2. The summed E-state index contributed by atoms with van der Waals surface area (Å²) < 4.78 is 14.2. The lowest BCUT2D eigenvalue weighted by atomic mass is 9.78. The maximum atomic E-state index is 6.19. The molecule has 0 aliphatic carbocycles. The molecule has 0 spiro atoms. The smallest absolute Gasteiger partial charge is 0.399 e. The van der Waals surface area contributed by atoms with Crippen molar-refractivity contribution < 1.29 is 9.31 Å². The number of benzene rings is 1. The number of H-pyrrole nitrogens is 1. The number of fused-ring (bicyclic) bond motifs is 1. The highest BCUT2D eigenvalue weighted by molar-refractivity contribution is 6.62. The Morgan fingerprint density at radius 2 is 1.83 bits per heavy atom. The molecule has 152 valence electrons. The topological polar surface area (TPSA) is 90.2 Å². The Balaban J connectivity index is 1.44. The highest BCUT2D eigenvalue weighted by Crippen LogP contribution is 2.36. The number of nitrogens with one attached hydrogen (secondary N) is 1. The molecule has 1 aliphatic heterocycles. The van der Waals surface area contributed by atoms with Gasteiger partial charge in [-0.3, -0.25) is 5.10 Å². The Labute approximate surface area is 174 Å². The van der Waals surface area contributed by atoms with Crippen molar-refractivity contribution in [2.45, 2.75) is 45.3 Å². The highest BCUT2D eigenvalue weighted by atomic mass is 16.7. The third kappa shape index (κ3) is 3.20. The summed E-state index contributed by atoms with van der Waals surface area (Å²) in [6, 6.07) is 12.0. The van der Waals surface area contributed by atoms with Gasteiger partial charge in [-0.15, -0.1) is 10.2 Å². The molecule has 1 saturated heterocycles. The monoisotopic (exact) mass is 402 g/mol. The van der Waals surface area contributed by atoms with Crippen molar-refractivity contribution in [1.82, 2.24) is 30.0 Å². The molecule has 4 aromatic rings. The third-order valence-corrected chi connectivity index (χ3v) is 5.96. The van der Waals surface area contributed by atoms with Crippen LogP contribution in [0.4, 0.5) is 0 Å². The fourth-order valence-corrected chi connectivity index (χ4v) is 3.50. The van der Waals surface area contributed by atoms with Gasteiger partial charge in [-0.05, 0) is 50.9 Å². The van der Waals surface area contributed by atoms with Crippen LogP contribution in [0.15, 0.2) is 48.8 Å². The molecular weight excluding hydrogens is 379 g/mol. The Kier molecular flexibility index (Phi) is 4.27.